The Morgan fingerprint density at radius 3 is 2.75 bits per heavy atom. The van der Waals surface area contributed by atoms with Crippen LogP contribution < -0.4 is 0 Å². The van der Waals surface area contributed by atoms with Crippen LogP contribution in [0.5, 0.6) is 0 Å². The number of aromatic nitrogens is 4. The fourth-order valence-electron chi connectivity index (χ4n) is 3.00. The van der Waals surface area contributed by atoms with Crippen LogP contribution in [-0.2, 0) is 12.8 Å². The van der Waals surface area contributed by atoms with Crippen molar-refractivity contribution in [3.63, 3.8) is 0 Å². The molecule has 0 aromatic carbocycles. The van der Waals surface area contributed by atoms with E-state index in [0.29, 0.717) is 11.1 Å². The van der Waals surface area contributed by atoms with E-state index in [2.05, 4.69) is 36.1 Å². The van der Waals surface area contributed by atoms with Crippen LogP contribution in [-0.4, -0.2) is 20.0 Å². The molecule has 2 aromatic heterocycles. The van der Waals surface area contributed by atoms with E-state index in [1.807, 2.05) is 10.7 Å². The van der Waals surface area contributed by atoms with Crippen LogP contribution in [0.2, 0.25) is 5.15 Å². The normalized spacial score (nSPS) is 18.4. The highest BCUT2D eigenvalue weighted by molar-refractivity contribution is 6.29. The molecule has 5 heteroatoms. The predicted molar refractivity (Wildman–Crippen MR) is 79.3 cm³/mol. The van der Waals surface area contributed by atoms with E-state index in [1.54, 1.807) is 6.07 Å². The molecule has 0 saturated heterocycles. The van der Waals surface area contributed by atoms with Crippen molar-refractivity contribution in [1.29, 1.82) is 0 Å². The standard InChI is InChI=1S/C15H19ClN4/c1-9(2)11-4-5-12-10(3)19-20(13(12)8-11)15-7-6-14(16)17-18-15/h6-7,9,11H,4-5,8H2,1-3H3. The summed E-state index contributed by atoms with van der Waals surface area (Å²) >= 11 is 5.81. The van der Waals surface area contributed by atoms with Crippen LogP contribution in [0, 0.1) is 18.8 Å². The SMILES string of the molecule is Cc1nn(-c2ccc(Cl)nn2)c2c1CCC(C(C)C)C2. The molecule has 20 heavy (non-hydrogen) atoms. The van der Waals surface area contributed by atoms with Crippen LogP contribution in [0.15, 0.2) is 12.1 Å². The van der Waals surface area contributed by atoms with Crippen LogP contribution >= 0.6 is 11.6 Å². The van der Waals surface area contributed by atoms with Crippen molar-refractivity contribution in [3.8, 4) is 5.82 Å². The molecular weight excluding hydrogens is 272 g/mol. The number of hydrogen-bond acceptors (Lipinski definition) is 3. The molecule has 0 fully saturated rings. The summed E-state index contributed by atoms with van der Waals surface area (Å²) in [6.07, 6.45) is 3.44. The molecular formula is C15H19ClN4. The fraction of sp³-hybridized carbons (Fsp3) is 0.533. The van der Waals surface area contributed by atoms with Gasteiger partial charge in [0.05, 0.1) is 5.69 Å². The number of nitrogens with zero attached hydrogens (tertiary/aromatic N) is 4. The first kappa shape index (κ1) is 13.6. The van der Waals surface area contributed by atoms with Gasteiger partial charge in [-0.2, -0.15) is 5.10 Å². The minimum atomic E-state index is 0.409. The van der Waals surface area contributed by atoms with Crippen molar-refractivity contribution in [2.24, 2.45) is 11.8 Å². The highest BCUT2D eigenvalue weighted by Crippen LogP contribution is 2.32. The lowest BCUT2D eigenvalue weighted by molar-refractivity contribution is 0.337. The second-order valence-corrected chi connectivity index (χ2v) is 6.27. The van der Waals surface area contributed by atoms with E-state index in [1.165, 1.54) is 17.7 Å². The van der Waals surface area contributed by atoms with Gasteiger partial charge in [0.1, 0.15) is 0 Å². The summed E-state index contributed by atoms with van der Waals surface area (Å²) in [5.74, 6) is 2.17. The van der Waals surface area contributed by atoms with Crippen LogP contribution in [0.4, 0.5) is 0 Å². The van der Waals surface area contributed by atoms with Gasteiger partial charge >= 0.3 is 0 Å². The molecule has 2 aromatic rings. The average Bonchev–Trinajstić information content (AvgIpc) is 2.76. The molecule has 0 radical (unpaired) electrons. The van der Waals surface area contributed by atoms with Crippen LogP contribution in [0.3, 0.4) is 0 Å². The Labute approximate surface area is 124 Å². The maximum atomic E-state index is 5.81. The summed E-state index contributed by atoms with van der Waals surface area (Å²) in [6, 6.07) is 3.64. The second kappa shape index (κ2) is 5.17. The van der Waals surface area contributed by atoms with Gasteiger partial charge in [-0.1, -0.05) is 25.4 Å². The average molecular weight is 291 g/mol. The Morgan fingerprint density at radius 2 is 2.10 bits per heavy atom. The second-order valence-electron chi connectivity index (χ2n) is 5.88. The van der Waals surface area contributed by atoms with Crippen LogP contribution in [0.25, 0.3) is 5.82 Å². The summed E-state index contributed by atoms with van der Waals surface area (Å²) in [5, 5.41) is 13.1. The Bertz CT molecular complexity index is 616. The third-order valence-electron chi connectivity index (χ3n) is 4.29. The van der Waals surface area contributed by atoms with Crippen molar-refractivity contribution >= 4 is 11.6 Å². The molecule has 3 rings (SSSR count). The van der Waals surface area contributed by atoms with Crippen molar-refractivity contribution in [1.82, 2.24) is 20.0 Å². The minimum absolute atomic E-state index is 0.409. The molecule has 0 amide bonds. The van der Waals surface area contributed by atoms with Crippen LogP contribution in [0.1, 0.15) is 37.2 Å². The number of hydrogen-bond donors (Lipinski definition) is 0. The fourth-order valence-corrected chi connectivity index (χ4v) is 3.10. The molecule has 0 N–H and O–H groups in total. The highest BCUT2D eigenvalue weighted by atomic mass is 35.5. The maximum Gasteiger partial charge on any atom is 0.176 e. The van der Waals surface area contributed by atoms with Crippen molar-refractivity contribution in [2.45, 2.75) is 40.0 Å². The van der Waals surface area contributed by atoms with Crippen molar-refractivity contribution < 1.29 is 0 Å². The summed E-state index contributed by atoms with van der Waals surface area (Å²) in [5.41, 5.74) is 3.79. The topological polar surface area (TPSA) is 43.6 Å². The lowest BCUT2D eigenvalue weighted by Gasteiger charge is -2.26. The summed E-state index contributed by atoms with van der Waals surface area (Å²) in [6.45, 7) is 6.67. The Kier molecular flexibility index (Phi) is 3.50. The van der Waals surface area contributed by atoms with E-state index in [4.69, 9.17) is 11.6 Å². The van der Waals surface area contributed by atoms with Gasteiger partial charge in [0.25, 0.3) is 0 Å². The van der Waals surface area contributed by atoms with Gasteiger partial charge in [-0.3, -0.25) is 0 Å². The van der Waals surface area contributed by atoms with E-state index < -0.39 is 0 Å². The quantitative estimate of drug-likeness (QED) is 0.851. The Morgan fingerprint density at radius 1 is 1.30 bits per heavy atom. The Hall–Kier alpha value is -1.42. The maximum absolute atomic E-state index is 5.81. The first-order valence-corrected chi connectivity index (χ1v) is 7.51. The molecule has 0 saturated carbocycles. The number of aryl methyl sites for hydroxylation is 1. The number of halogens is 1. The van der Waals surface area contributed by atoms with Gasteiger partial charge in [0.15, 0.2) is 11.0 Å². The predicted octanol–water partition coefficient (Wildman–Crippen LogP) is 3.39. The first-order valence-electron chi connectivity index (χ1n) is 7.13. The van der Waals surface area contributed by atoms with E-state index in [-0.39, 0.29) is 0 Å². The van der Waals surface area contributed by atoms with Gasteiger partial charge in [-0.25, -0.2) is 4.68 Å². The highest BCUT2D eigenvalue weighted by Gasteiger charge is 2.27. The molecule has 106 valence electrons. The zero-order chi connectivity index (χ0) is 14.3. The van der Waals surface area contributed by atoms with Crippen molar-refractivity contribution in [3.05, 3.63) is 34.2 Å². The van der Waals surface area contributed by atoms with E-state index in [0.717, 1.165) is 30.3 Å². The zero-order valence-corrected chi connectivity index (χ0v) is 12.9. The van der Waals surface area contributed by atoms with E-state index in [9.17, 15) is 0 Å². The molecule has 4 nitrogen and oxygen atoms in total. The molecule has 0 bridgehead atoms. The number of rotatable bonds is 2. The smallest absolute Gasteiger partial charge is 0.176 e. The van der Waals surface area contributed by atoms with Gasteiger partial charge in [0.2, 0.25) is 0 Å². The van der Waals surface area contributed by atoms with Gasteiger partial charge in [-0.15, -0.1) is 10.2 Å². The summed E-state index contributed by atoms with van der Waals surface area (Å²) in [4.78, 5) is 0. The summed E-state index contributed by atoms with van der Waals surface area (Å²) in [7, 11) is 0. The third-order valence-corrected chi connectivity index (χ3v) is 4.49. The minimum Gasteiger partial charge on any atom is -0.217 e. The van der Waals surface area contributed by atoms with Gasteiger partial charge < -0.3 is 0 Å². The Balaban J connectivity index is 2.03. The molecule has 0 aliphatic heterocycles. The molecule has 2 heterocycles. The lowest BCUT2D eigenvalue weighted by atomic mass is 9.80. The zero-order valence-electron chi connectivity index (χ0n) is 12.1. The monoisotopic (exact) mass is 290 g/mol. The van der Waals surface area contributed by atoms with Gasteiger partial charge in [0, 0.05) is 5.69 Å². The third kappa shape index (κ3) is 2.33. The molecule has 1 unspecified atom stereocenters. The van der Waals surface area contributed by atoms with Gasteiger partial charge in [-0.05, 0) is 55.7 Å². The molecule has 1 aliphatic carbocycles. The molecule has 1 aliphatic rings. The number of fused-ring (bicyclic) bond motifs is 1. The lowest BCUT2D eigenvalue weighted by Crippen LogP contribution is -2.21. The van der Waals surface area contributed by atoms with Crippen molar-refractivity contribution in [2.75, 3.05) is 0 Å². The first-order chi connectivity index (χ1) is 9.56. The molecule has 1 atom stereocenters. The molecule has 0 spiro atoms. The summed E-state index contributed by atoms with van der Waals surface area (Å²) < 4.78 is 1.95. The van der Waals surface area contributed by atoms with E-state index >= 15 is 0 Å². The largest absolute Gasteiger partial charge is 0.217 e.